The van der Waals surface area contributed by atoms with Crippen molar-refractivity contribution in [3.8, 4) is 5.75 Å². The van der Waals surface area contributed by atoms with Gasteiger partial charge >= 0.3 is 0 Å². The second-order valence-corrected chi connectivity index (χ2v) is 6.43. The number of halogens is 1. The summed E-state index contributed by atoms with van der Waals surface area (Å²) in [6.07, 6.45) is 1.70. The van der Waals surface area contributed by atoms with Crippen LogP contribution in [0.15, 0.2) is 53.4 Å². The average Bonchev–Trinajstić information content (AvgIpc) is 2.85. The minimum Gasteiger partial charge on any atom is -0.494 e. The lowest BCUT2D eigenvalue weighted by atomic mass is 10.2. The first-order valence-corrected chi connectivity index (χ1v) is 8.54. The Morgan fingerprint density at radius 2 is 1.75 bits per heavy atom. The van der Waals surface area contributed by atoms with Crippen molar-refractivity contribution >= 4 is 46.3 Å². The summed E-state index contributed by atoms with van der Waals surface area (Å²) in [5, 5.41) is 0.232. The number of ether oxygens (including phenoxy) is 1. The first-order valence-electron chi connectivity index (χ1n) is 7.35. The molecule has 0 saturated carbocycles. The Hall–Kier alpha value is -2.24. The number of imide groups is 1. The molecule has 0 unspecified atom stereocenters. The van der Waals surface area contributed by atoms with Crippen LogP contribution in [0.5, 0.6) is 5.75 Å². The number of anilines is 1. The normalized spacial score (nSPS) is 16.1. The van der Waals surface area contributed by atoms with Gasteiger partial charge in [-0.25, -0.2) is 4.90 Å². The molecule has 24 heavy (non-hydrogen) atoms. The van der Waals surface area contributed by atoms with Gasteiger partial charge in [-0.3, -0.25) is 9.59 Å². The second-order valence-electron chi connectivity index (χ2n) is 5.00. The molecule has 1 heterocycles. The van der Waals surface area contributed by atoms with Gasteiger partial charge in [-0.1, -0.05) is 23.7 Å². The van der Waals surface area contributed by atoms with Crippen LogP contribution in [0.2, 0.25) is 5.02 Å². The summed E-state index contributed by atoms with van der Waals surface area (Å²) in [6.45, 7) is 2.51. The number of benzene rings is 2. The Bertz CT molecular complexity index is 800. The zero-order chi connectivity index (χ0) is 17.1. The molecular weight excluding hydrogens is 346 g/mol. The molecule has 2 aromatic rings. The molecule has 0 atom stereocenters. The molecule has 6 heteroatoms. The molecule has 1 saturated heterocycles. The topological polar surface area (TPSA) is 46.6 Å². The van der Waals surface area contributed by atoms with Crippen molar-refractivity contribution in [3.05, 3.63) is 64.0 Å². The lowest BCUT2D eigenvalue weighted by Gasteiger charge is -2.12. The summed E-state index contributed by atoms with van der Waals surface area (Å²) in [5.74, 6) is 0.435. The molecule has 1 aliphatic rings. The summed E-state index contributed by atoms with van der Waals surface area (Å²) in [4.78, 5) is 26.3. The molecule has 0 aromatic heterocycles. The number of carbonyl (C=O) groups is 2. The first kappa shape index (κ1) is 16.6. The maximum atomic E-state index is 12.5. The molecule has 122 valence electrons. The van der Waals surface area contributed by atoms with E-state index in [9.17, 15) is 9.59 Å². The molecule has 0 N–H and O–H groups in total. The molecule has 3 rings (SSSR count). The Labute approximate surface area is 149 Å². The van der Waals surface area contributed by atoms with E-state index in [1.165, 1.54) is 0 Å². The fraction of sp³-hybridized carbons (Fsp3) is 0.111. The minimum atomic E-state index is -0.332. The maximum Gasteiger partial charge on any atom is 0.298 e. The Morgan fingerprint density at radius 1 is 1.08 bits per heavy atom. The van der Waals surface area contributed by atoms with E-state index in [1.807, 2.05) is 31.2 Å². The molecule has 0 bridgehead atoms. The third kappa shape index (κ3) is 3.47. The van der Waals surface area contributed by atoms with Crippen molar-refractivity contribution in [2.75, 3.05) is 11.5 Å². The van der Waals surface area contributed by atoms with Gasteiger partial charge in [0.05, 0.1) is 17.2 Å². The van der Waals surface area contributed by atoms with Crippen LogP contribution in [0.3, 0.4) is 0 Å². The van der Waals surface area contributed by atoms with Crippen LogP contribution in [0.1, 0.15) is 12.5 Å². The Morgan fingerprint density at radius 3 is 2.38 bits per heavy atom. The number of amides is 2. The molecule has 0 radical (unpaired) electrons. The monoisotopic (exact) mass is 359 g/mol. The van der Waals surface area contributed by atoms with E-state index in [0.717, 1.165) is 28.0 Å². The minimum absolute atomic E-state index is 0.320. The first-order chi connectivity index (χ1) is 11.6. The third-order valence-electron chi connectivity index (χ3n) is 3.37. The fourth-order valence-electron chi connectivity index (χ4n) is 2.26. The molecular formula is C18H14ClNO3S. The number of thioether (sulfide) groups is 1. The lowest BCUT2D eigenvalue weighted by molar-refractivity contribution is -0.113. The number of rotatable bonds is 4. The molecule has 0 aliphatic carbocycles. The number of hydrogen-bond donors (Lipinski definition) is 0. The van der Waals surface area contributed by atoms with Gasteiger partial charge in [0.15, 0.2) is 0 Å². The maximum absolute atomic E-state index is 12.5. The van der Waals surface area contributed by atoms with E-state index in [4.69, 9.17) is 16.3 Å². The molecule has 2 aromatic carbocycles. The fourth-order valence-corrected chi connectivity index (χ4v) is 3.23. The highest BCUT2D eigenvalue weighted by atomic mass is 35.5. The number of carbonyl (C=O) groups excluding carboxylic acids is 2. The van der Waals surface area contributed by atoms with Crippen molar-refractivity contribution in [1.82, 2.24) is 0 Å². The predicted molar refractivity (Wildman–Crippen MR) is 97.5 cm³/mol. The van der Waals surface area contributed by atoms with Gasteiger partial charge in [-0.05, 0) is 66.7 Å². The van der Waals surface area contributed by atoms with Crippen LogP contribution in [0.4, 0.5) is 10.5 Å². The zero-order valence-corrected chi connectivity index (χ0v) is 14.4. The van der Waals surface area contributed by atoms with Gasteiger partial charge in [-0.15, -0.1) is 0 Å². The summed E-state index contributed by atoms with van der Waals surface area (Å²) in [5.41, 5.74) is 1.34. The van der Waals surface area contributed by atoms with Crippen molar-refractivity contribution in [2.24, 2.45) is 0 Å². The zero-order valence-electron chi connectivity index (χ0n) is 12.9. The molecule has 0 spiro atoms. The van der Waals surface area contributed by atoms with Gasteiger partial charge < -0.3 is 4.74 Å². The van der Waals surface area contributed by atoms with E-state index in [-0.39, 0.29) is 11.1 Å². The largest absolute Gasteiger partial charge is 0.494 e. The quantitative estimate of drug-likeness (QED) is 0.722. The SMILES string of the molecule is CCOc1ccc(/C=C2\SC(=O)N(c3ccc(Cl)cc3)C2=O)cc1. The van der Waals surface area contributed by atoms with Crippen molar-refractivity contribution in [1.29, 1.82) is 0 Å². The lowest BCUT2D eigenvalue weighted by Crippen LogP contribution is -2.27. The van der Waals surface area contributed by atoms with E-state index < -0.39 is 0 Å². The van der Waals surface area contributed by atoms with Crippen molar-refractivity contribution < 1.29 is 14.3 Å². The van der Waals surface area contributed by atoms with Gasteiger partial charge in [0.1, 0.15) is 5.75 Å². The van der Waals surface area contributed by atoms with Gasteiger partial charge in [0, 0.05) is 5.02 Å². The second kappa shape index (κ2) is 7.11. The number of hydrogen-bond acceptors (Lipinski definition) is 4. The third-order valence-corrected chi connectivity index (χ3v) is 4.49. The highest BCUT2D eigenvalue weighted by molar-refractivity contribution is 8.19. The summed E-state index contributed by atoms with van der Waals surface area (Å²) < 4.78 is 5.39. The van der Waals surface area contributed by atoms with Crippen LogP contribution in [0, 0.1) is 0 Å². The Balaban J connectivity index is 1.83. The van der Waals surface area contributed by atoms with Crippen LogP contribution >= 0.6 is 23.4 Å². The van der Waals surface area contributed by atoms with E-state index in [2.05, 4.69) is 0 Å². The number of nitrogens with zero attached hydrogens (tertiary/aromatic N) is 1. The van der Waals surface area contributed by atoms with Crippen LogP contribution < -0.4 is 9.64 Å². The molecule has 2 amide bonds. The van der Waals surface area contributed by atoms with Crippen LogP contribution in [-0.2, 0) is 4.79 Å². The molecule has 4 nitrogen and oxygen atoms in total. The highest BCUT2D eigenvalue weighted by Gasteiger charge is 2.36. The van der Waals surface area contributed by atoms with Crippen LogP contribution in [0.25, 0.3) is 6.08 Å². The van der Waals surface area contributed by atoms with Crippen LogP contribution in [-0.4, -0.2) is 17.8 Å². The predicted octanol–water partition coefficient (Wildman–Crippen LogP) is 4.98. The van der Waals surface area contributed by atoms with Crippen molar-refractivity contribution in [2.45, 2.75) is 6.92 Å². The van der Waals surface area contributed by atoms with Gasteiger partial charge in [-0.2, -0.15) is 0 Å². The molecule has 1 fully saturated rings. The summed E-state index contributed by atoms with van der Waals surface area (Å²) >= 11 is 6.77. The van der Waals surface area contributed by atoms with Gasteiger partial charge in [0.25, 0.3) is 11.1 Å². The summed E-state index contributed by atoms with van der Waals surface area (Å²) in [7, 11) is 0. The highest BCUT2D eigenvalue weighted by Crippen LogP contribution is 2.36. The molecule has 1 aliphatic heterocycles. The smallest absolute Gasteiger partial charge is 0.298 e. The average molecular weight is 360 g/mol. The van der Waals surface area contributed by atoms with Crippen molar-refractivity contribution in [3.63, 3.8) is 0 Å². The standard InChI is InChI=1S/C18H14ClNO3S/c1-2-23-15-9-3-12(4-10-15)11-16-17(21)20(18(22)24-16)14-7-5-13(19)6-8-14/h3-11H,2H2,1H3/b16-11-. The van der Waals surface area contributed by atoms with E-state index >= 15 is 0 Å². The van der Waals surface area contributed by atoms with E-state index in [1.54, 1.807) is 30.3 Å². The van der Waals surface area contributed by atoms with Gasteiger partial charge in [0.2, 0.25) is 0 Å². The van der Waals surface area contributed by atoms with E-state index in [0.29, 0.717) is 22.2 Å². The summed E-state index contributed by atoms with van der Waals surface area (Å²) in [6, 6.07) is 14.0. The Kier molecular flexibility index (Phi) is 4.92.